The lowest BCUT2D eigenvalue weighted by Crippen LogP contribution is -2.36. The highest BCUT2D eigenvalue weighted by atomic mass is 19.1. The van der Waals surface area contributed by atoms with Crippen molar-refractivity contribution in [2.24, 2.45) is 0 Å². The second-order valence-electron chi connectivity index (χ2n) is 6.90. The summed E-state index contributed by atoms with van der Waals surface area (Å²) in [7, 11) is 0. The molecule has 7 nitrogen and oxygen atoms in total. The molecule has 8 heteroatoms. The van der Waals surface area contributed by atoms with Crippen molar-refractivity contribution in [1.82, 2.24) is 20.2 Å². The number of nitriles is 1. The molecule has 4 rings (SSSR count). The summed E-state index contributed by atoms with van der Waals surface area (Å²) in [6, 6.07) is 6.04. The third-order valence-electron chi connectivity index (χ3n) is 4.82. The molecule has 2 aromatic rings. The molecule has 138 valence electrons. The molecule has 1 aliphatic heterocycles. The lowest BCUT2D eigenvalue weighted by atomic mass is 10.1. The topological polar surface area (TPSA) is 93.9 Å². The molecule has 1 amide bonds. The SMILES string of the molecule is N#CN1CC[C@@H](NC(=O)c2ccc(Nc3nccc(C4CC4)n3)c(F)c2)C1. The van der Waals surface area contributed by atoms with Gasteiger partial charge in [-0.05, 0) is 43.5 Å². The molecule has 2 aliphatic rings. The predicted octanol–water partition coefficient (Wildman–Crippen LogP) is 2.52. The van der Waals surface area contributed by atoms with E-state index in [4.69, 9.17) is 5.26 Å². The van der Waals surface area contributed by atoms with E-state index in [2.05, 4.69) is 26.8 Å². The number of aromatic nitrogens is 2. The van der Waals surface area contributed by atoms with Gasteiger partial charge in [0.15, 0.2) is 6.19 Å². The van der Waals surface area contributed by atoms with Crippen LogP contribution >= 0.6 is 0 Å². The molecule has 1 atom stereocenters. The molecular formula is C19H19FN6O. The molecule has 1 aromatic heterocycles. The number of likely N-dealkylation sites (tertiary alicyclic amines) is 1. The predicted molar refractivity (Wildman–Crippen MR) is 96.7 cm³/mol. The molecule has 2 N–H and O–H groups in total. The summed E-state index contributed by atoms with van der Waals surface area (Å²) in [4.78, 5) is 22.5. The van der Waals surface area contributed by atoms with Gasteiger partial charge >= 0.3 is 0 Å². The summed E-state index contributed by atoms with van der Waals surface area (Å²) in [5.74, 6) is -0.0690. The van der Waals surface area contributed by atoms with Gasteiger partial charge < -0.3 is 15.5 Å². The highest BCUT2D eigenvalue weighted by Gasteiger charge is 2.25. The Morgan fingerprint density at radius 1 is 1.30 bits per heavy atom. The summed E-state index contributed by atoms with van der Waals surface area (Å²) >= 11 is 0. The Bertz CT molecular complexity index is 907. The number of benzene rings is 1. The smallest absolute Gasteiger partial charge is 0.251 e. The van der Waals surface area contributed by atoms with Crippen molar-refractivity contribution in [1.29, 1.82) is 5.26 Å². The van der Waals surface area contributed by atoms with Crippen molar-refractivity contribution < 1.29 is 9.18 Å². The Kier molecular flexibility index (Phi) is 4.59. The Labute approximate surface area is 156 Å². The number of nitrogens with zero attached hydrogens (tertiary/aromatic N) is 4. The van der Waals surface area contributed by atoms with Gasteiger partial charge in [0.25, 0.3) is 5.91 Å². The van der Waals surface area contributed by atoms with Crippen molar-refractivity contribution in [3.63, 3.8) is 0 Å². The summed E-state index contributed by atoms with van der Waals surface area (Å²) in [5.41, 5.74) is 1.42. The average Bonchev–Trinajstić information content (AvgIpc) is 3.43. The maximum Gasteiger partial charge on any atom is 0.251 e. The lowest BCUT2D eigenvalue weighted by Gasteiger charge is -2.13. The third-order valence-corrected chi connectivity index (χ3v) is 4.82. The van der Waals surface area contributed by atoms with Gasteiger partial charge in [-0.15, -0.1) is 0 Å². The van der Waals surface area contributed by atoms with Crippen LogP contribution in [-0.2, 0) is 0 Å². The number of carbonyl (C=O) groups is 1. The molecule has 1 aliphatic carbocycles. The summed E-state index contributed by atoms with van der Waals surface area (Å²) < 4.78 is 14.4. The monoisotopic (exact) mass is 366 g/mol. The van der Waals surface area contributed by atoms with E-state index in [0.717, 1.165) is 18.5 Å². The van der Waals surface area contributed by atoms with E-state index in [1.807, 2.05) is 6.07 Å². The molecule has 2 fully saturated rings. The van der Waals surface area contributed by atoms with Crippen molar-refractivity contribution in [3.8, 4) is 6.19 Å². The number of hydrogen-bond donors (Lipinski definition) is 2. The van der Waals surface area contributed by atoms with Gasteiger partial charge in [0, 0.05) is 42.5 Å². The van der Waals surface area contributed by atoms with Crippen molar-refractivity contribution in [2.75, 3.05) is 18.4 Å². The van der Waals surface area contributed by atoms with E-state index in [-0.39, 0.29) is 23.2 Å². The number of rotatable bonds is 5. The van der Waals surface area contributed by atoms with Gasteiger partial charge in [-0.2, -0.15) is 5.26 Å². The zero-order chi connectivity index (χ0) is 18.8. The number of anilines is 2. The molecular weight excluding hydrogens is 347 g/mol. The first-order valence-corrected chi connectivity index (χ1v) is 8.97. The summed E-state index contributed by atoms with van der Waals surface area (Å²) in [5, 5.41) is 14.6. The van der Waals surface area contributed by atoms with Crippen molar-refractivity contribution in [3.05, 3.63) is 47.5 Å². The summed E-state index contributed by atoms with van der Waals surface area (Å²) in [6.07, 6.45) is 6.68. The maximum atomic E-state index is 14.4. The maximum absolute atomic E-state index is 14.4. The van der Waals surface area contributed by atoms with E-state index < -0.39 is 5.82 Å². The third kappa shape index (κ3) is 3.97. The van der Waals surface area contributed by atoms with E-state index in [1.54, 1.807) is 17.2 Å². The highest BCUT2D eigenvalue weighted by Crippen LogP contribution is 2.39. The van der Waals surface area contributed by atoms with Gasteiger partial charge in [0.05, 0.1) is 5.69 Å². The minimum Gasteiger partial charge on any atom is -0.347 e. The second-order valence-corrected chi connectivity index (χ2v) is 6.90. The molecule has 0 radical (unpaired) electrons. The fourth-order valence-corrected chi connectivity index (χ4v) is 3.16. The van der Waals surface area contributed by atoms with Crippen LogP contribution in [0.15, 0.2) is 30.5 Å². The molecule has 0 spiro atoms. The van der Waals surface area contributed by atoms with Crippen LogP contribution in [0, 0.1) is 17.3 Å². The van der Waals surface area contributed by atoms with E-state index in [1.165, 1.54) is 12.1 Å². The number of carbonyl (C=O) groups excluding carboxylic acids is 1. The Morgan fingerprint density at radius 2 is 2.15 bits per heavy atom. The lowest BCUT2D eigenvalue weighted by molar-refractivity contribution is 0.0938. The standard InChI is InChI=1S/C19H19FN6O/c20-15-9-13(18(27)23-14-6-8-26(10-14)11-21)3-4-17(15)25-19-22-7-5-16(24-19)12-1-2-12/h3-5,7,9,12,14H,1-2,6,8,10H2,(H,23,27)(H,22,24,25)/t14-/m1/s1. The first-order valence-electron chi connectivity index (χ1n) is 8.97. The Balaban J connectivity index is 1.42. The molecule has 0 unspecified atom stereocenters. The van der Waals surface area contributed by atoms with Crippen LogP contribution in [-0.4, -0.2) is 39.9 Å². The molecule has 0 bridgehead atoms. The van der Waals surface area contributed by atoms with Gasteiger partial charge in [-0.1, -0.05) is 0 Å². The Hall–Kier alpha value is -3.21. The van der Waals surface area contributed by atoms with Crippen LogP contribution in [0.3, 0.4) is 0 Å². The van der Waals surface area contributed by atoms with Crippen LogP contribution in [0.1, 0.15) is 41.2 Å². The van der Waals surface area contributed by atoms with Crippen molar-refractivity contribution in [2.45, 2.75) is 31.2 Å². The van der Waals surface area contributed by atoms with E-state index >= 15 is 0 Å². The molecule has 1 saturated carbocycles. The zero-order valence-electron chi connectivity index (χ0n) is 14.7. The van der Waals surface area contributed by atoms with Crippen LogP contribution < -0.4 is 10.6 Å². The van der Waals surface area contributed by atoms with E-state index in [9.17, 15) is 9.18 Å². The zero-order valence-corrected chi connectivity index (χ0v) is 14.7. The number of nitrogens with one attached hydrogen (secondary N) is 2. The fraction of sp³-hybridized carbons (Fsp3) is 0.368. The first-order chi connectivity index (χ1) is 13.1. The second kappa shape index (κ2) is 7.19. The van der Waals surface area contributed by atoms with Gasteiger partial charge in [0.2, 0.25) is 5.95 Å². The largest absolute Gasteiger partial charge is 0.347 e. The van der Waals surface area contributed by atoms with Crippen molar-refractivity contribution >= 4 is 17.5 Å². The van der Waals surface area contributed by atoms with Crippen LogP contribution in [0.2, 0.25) is 0 Å². The normalized spacial score (nSPS) is 18.8. The van der Waals surface area contributed by atoms with Crippen LogP contribution in [0.25, 0.3) is 0 Å². The summed E-state index contributed by atoms with van der Waals surface area (Å²) in [6.45, 7) is 1.11. The first kappa shape index (κ1) is 17.2. The minimum absolute atomic E-state index is 0.100. The molecule has 27 heavy (non-hydrogen) atoms. The minimum atomic E-state index is -0.548. The number of halogens is 1. The van der Waals surface area contributed by atoms with Gasteiger partial charge in [-0.3, -0.25) is 4.79 Å². The van der Waals surface area contributed by atoms with Crippen LogP contribution in [0.4, 0.5) is 16.0 Å². The molecule has 1 saturated heterocycles. The van der Waals surface area contributed by atoms with Gasteiger partial charge in [0.1, 0.15) is 5.82 Å². The van der Waals surface area contributed by atoms with Crippen LogP contribution in [0.5, 0.6) is 0 Å². The highest BCUT2D eigenvalue weighted by molar-refractivity contribution is 5.94. The molecule has 2 heterocycles. The quantitative estimate of drug-likeness (QED) is 0.790. The fourth-order valence-electron chi connectivity index (χ4n) is 3.16. The van der Waals surface area contributed by atoms with Gasteiger partial charge in [-0.25, -0.2) is 14.4 Å². The van der Waals surface area contributed by atoms with E-state index in [0.29, 0.717) is 31.4 Å². The number of hydrogen-bond acceptors (Lipinski definition) is 6. The number of amides is 1. The Morgan fingerprint density at radius 3 is 2.85 bits per heavy atom. The average molecular weight is 366 g/mol. The molecule has 1 aromatic carbocycles.